The van der Waals surface area contributed by atoms with Crippen molar-refractivity contribution in [2.24, 2.45) is 11.8 Å². The fourth-order valence-electron chi connectivity index (χ4n) is 5.33. The highest BCUT2D eigenvalue weighted by Crippen LogP contribution is 2.43. The van der Waals surface area contributed by atoms with Crippen LogP contribution >= 0.6 is 19.4 Å². The van der Waals surface area contributed by atoms with Crippen molar-refractivity contribution in [3.8, 4) is 0 Å². The molecule has 0 radical (unpaired) electrons. The van der Waals surface area contributed by atoms with Crippen LogP contribution in [-0.2, 0) is 9.09 Å². The van der Waals surface area contributed by atoms with Gasteiger partial charge in [-0.25, -0.2) is 0 Å². The Morgan fingerprint density at radius 3 is 2.15 bits per heavy atom. The number of aliphatic hydroxyl groups is 1. The average molecular weight is 521 g/mol. The second kappa shape index (κ2) is 21.5. The molecule has 0 aromatic heterocycles. The van der Waals surface area contributed by atoms with E-state index in [4.69, 9.17) is 4.52 Å². The molecule has 0 aromatic rings. The molecule has 4 nitrogen and oxygen atoms in total. The molecule has 6 heteroatoms. The summed E-state index contributed by atoms with van der Waals surface area (Å²) in [6.45, 7) is 4.50. The van der Waals surface area contributed by atoms with E-state index in [-0.39, 0.29) is 12.8 Å². The van der Waals surface area contributed by atoms with Crippen LogP contribution in [0.3, 0.4) is 0 Å². The zero-order valence-corrected chi connectivity index (χ0v) is 24.3. The van der Waals surface area contributed by atoms with Gasteiger partial charge in [-0.1, -0.05) is 110 Å². The second-order valence-corrected chi connectivity index (χ2v) is 13.7. The van der Waals surface area contributed by atoms with Crippen molar-refractivity contribution < 1.29 is 19.1 Å². The molecule has 34 heavy (non-hydrogen) atoms. The molecular weight excluding hydrogens is 463 g/mol. The van der Waals surface area contributed by atoms with Crippen LogP contribution in [0.1, 0.15) is 136 Å². The van der Waals surface area contributed by atoms with E-state index in [1.807, 2.05) is 6.92 Å². The average Bonchev–Trinajstić information content (AvgIpc) is 3.09. The normalized spacial score (nSPS) is 18.9. The molecule has 2 N–H and O–H groups in total. The van der Waals surface area contributed by atoms with Crippen LogP contribution in [0.5, 0.6) is 0 Å². The van der Waals surface area contributed by atoms with E-state index in [2.05, 4.69) is 18.7 Å². The molecule has 0 spiro atoms. The molecule has 0 amide bonds. The minimum absolute atomic E-state index is 0.134. The zero-order valence-electron chi connectivity index (χ0n) is 22.6. The van der Waals surface area contributed by atoms with Crippen LogP contribution in [0.25, 0.3) is 0 Å². The third-order valence-corrected chi connectivity index (χ3v) is 9.96. The minimum Gasteiger partial charge on any atom is -0.392 e. The number of hydrogen-bond donors (Lipinski definition) is 2. The maximum Gasteiger partial charge on any atom is 0.330 e. The molecular formula is C28H57O4PS. The van der Waals surface area contributed by atoms with Crippen molar-refractivity contribution in [2.45, 2.75) is 142 Å². The van der Waals surface area contributed by atoms with Crippen LogP contribution < -0.4 is 0 Å². The standard InChI is InChI=1S/C28H57O4PS/c1-3-5-12-17-27(26-18-13-9-10-14-19-26)21-24-34-23-16-11-7-6-8-15-20-28(29)25-33(30,31)32-22-4-2/h26-29H,3-25H2,1-2H3,(H,30,31). The third kappa shape index (κ3) is 17.8. The van der Waals surface area contributed by atoms with Gasteiger partial charge in [0.15, 0.2) is 0 Å². The molecule has 3 atom stereocenters. The minimum atomic E-state index is -3.62. The van der Waals surface area contributed by atoms with Crippen molar-refractivity contribution in [3.63, 3.8) is 0 Å². The molecule has 3 unspecified atom stereocenters. The Hall–Kier alpha value is 0.460. The molecule has 1 rings (SSSR count). The second-order valence-electron chi connectivity index (χ2n) is 10.6. The molecule has 0 bridgehead atoms. The first-order valence-corrected chi connectivity index (χ1v) is 17.6. The summed E-state index contributed by atoms with van der Waals surface area (Å²) >= 11 is 2.18. The van der Waals surface area contributed by atoms with Crippen molar-refractivity contribution in [2.75, 3.05) is 24.3 Å². The quantitative estimate of drug-likeness (QED) is 0.0847. The number of thioether (sulfide) groups is 1. The van der Waals surface area contributed by atoms with Gasteiger partial charge in [0.25, 0.3) is 0 Å². The lowest BCUT2D eigenvalue weighted by atomic mass is 9.81. The molecule has 0 heterocycles. The Labute approximate surface area is 216 Å². The third-order valence-electron chi connectivity index (χ3n) is 7.39. The summed E-state index contributed by atoms with van der Waals surface area (Å²) in [7, 11) is -3.62. The zero-order chi connectivity index (χ0) is 24.9. The van der Waals surface area contributed by atoms with Crippen molar-refractivity contribution in [1.29, 1.82) is 0 Å². The van der Waals surface area contributed by atoms with Crippen molar-refractivity contribution in [1.82, 2.24) is 0 Å². The summed E-state index contributed by atoms with van der Waals surface area (Å²) in [5.41, 5.74) is 0. The van der Waals surface area contributed by atoms with Gasteiger partial charge in [-0.05, 0) is 49.0 Å². The van der Waals surface area contributed by atoms with E-state index in [9.17, 15) is 14.6 Å². The van der Waals surface area contributed by atoms with E-state index in [1.54, 1.807) is 0 Å². The van der Waals surface area contributed by atoms with E-state index in [0.29, 0.717) is 12.8 Å². The molecule has 204 valence electrons. The predicted molar refractivity (Wildman–Crippen MR) is 150 cm³/mol. The van der Waals surface area contributed by atoms with Crippen molar-refractivity contribution >= 4 is 19.4 Å². The molecule has 1 aliphatic carbocycles. The highest BCUT2D eigenvalue weighted by Gasteiger charge is 2.24. The summed E-state index contributed by atoms with van der Waals surface area (Å²) in [6, 6.07) is 0. The summed E-state index contributed by atoms with van der Waals surface area (Å²) in [4.78, 5) is 9.70. The topological polar surface area (TPSA) is 66.8 Å². The highest BCUT2D eigenvalue weighted by atomic mass is 32.2. The highest BCUT2D eigenvalue weighted by molar-refractivity contribution is 7.99. The van der Waals surface area contributed by atoms with Gasteiger partial charge in [0.2, 0.25) is 0 Å². The maximum atomic E-state index is 11.8. The molecule has 0 saturated heterocycles. The van der Waals surface area contributed by atoms with Crippen molar-refractivity contribution in [3.05, 3.63) is 0 Å². The largest absolute Gasteiger partial charge is 0.392 e. The summed E-state index contributed by atoms with van der Waals surface area (Å²) in [6.07, 6.45) is 23.5. The van der Waals surface area contributed by atoms with E-state index in [1.165, 1.54) is 108 Å². The first-order chi connectivity index (χ1) is 16.5. The maximum absolute atomic E-state index is 11.8. The molecule has 1 saturated carbocycles. The molecule has 0 aromatic carbocycles. The lowest BCUT2D eigenvalue weighted by molar-refractivity contribution is 0.167. The predicted octanol–water partition coefficient (Wildman–Crippen LogP) is 8.98. The Bertz CT molecular complexity index is 497. The van der Waals surface area contributed by atoms with Gasteiger partial charge in [0, 0.05) is 0 Å². The van der Waals surface area contributed by atoms with Crippen LogP contribution in [0.15, 0.2) is 0 Å². The SMILES string of the molecule is CCCCCC(CCSCCCCCCCCC(O)CP(=O)(O)OCCC)C1CCCCCC1. The first kappa shape index (κ1) is 32.5. The summed E-state index contributed by atoms with van der Waals surface area (Å²) in [5, 5.41) is 9.99. The molecule has 1 fully saturated rings. The first-order valence-electron chi connectivity index (χ1n) is 14.7. The fourth-order valence-corrected chi connectivity index (χ4v) is 7.70. The van der Waals surface area contributed by atoms with Crippen LogP contribution in [0.4, 0.5) is 0 Å². The van der Waals surface area contributed by atoms with E-state index < -0.39 is 13.7 Å². The molecule has 0 aliphatic heterocycles. The summed E-state index contributed by atoms with van der Waals surface area (Å²) < 4.78 is 16.8. The number of hydrogen-bond acceptors (Lipinski definition) is 4. The van der Waals surface area contributed by atoms with Gasteiger partial charge in [-0.2, -0.15) is 11.8 Å². The summed E-state index contributed by atoms with van der Waals surface area (Å²) in [5.74, 6) is 4.63. The smallest absolute Gasteiger partial charge is 0.330 e. The lowest BCUT2D eigenvalue weighted by Gasteiger charge is -2.26. The van der Waals surface area contributed by atoms with Gasteiger partial charge >= 0.3 is 7.60 Å². The number of aliphatic hydroxyl groups excluding tert-OH is 1. The Balaban J connectivity index is 2.02. The monoisotopic (exact) mass is 520 g/mol. The fraction of sp³-hybridized carbons (Fsp3) is 1.00. The van der Waals surface area contributed by atoms with Gasteiger partial charge in [-0.3, -0.25) is 4.57 Å². The Kier molecular flexibility index (Phi) is 20.6. The number of unbranched alkanes of at least 4 members (excludes halogenated alkanes) is 7. The lowest BCUT2D eigenvalue weighted by Crippen LogP contribution is -2.15. The Morgan fingerprint density at radius 1 is 0.824 bits per heavy atom. The van der Waals surface area contributed by atoms with Crippen LogP contribution in [0.2, 0.25) is 0 Å². The van der Waals surface area contributed by atoms with Gasteiger partial charge in [0.1, 0.15) is 0 Å². The molecule has 1 aliphatic rings. The van der Waals surface area contributed by atoms with E-state index >= 15 is 0 Å². The van der Waals surface area contributed by atoms with Gasteiger partial charge in [-0.15, -0.1) is 0 Å². The Morgan fingerprint density at radius 2 is 1.47 bits per heavy atom. The van der Waals surface area contributed by atoms with Gasteiger partial charge < -0.3 is 14.5 Å². The van der Waals surface area contributed by atoms with Crippen LogP contribution in [-0.4, -0.2) is 40.4 Å². The van der Waals surface area contributed by atoms with E-state index in [0.717, 1.165) is 24.7 Å². The van der Waals surface area contributed by atoms with Crippen LogP contribution in [0, 0.1) is 11.8 Å². The van der Waals surface area contributed by atoms with Gasteiger partial charge in [0.05, 0.1) is 18.9 Å². The number of rotatable bonds is 22.